The molecule has 2 rings (SSSR count). The summed E-state index contributed by atoms with van der Waals surface area (Å²) in [6.45, 7) is 6.29. The molecular weight excluding hydrogens is 286 g/mol. The minimum absolute atomic E-state index is 0.275. The summed E-state index contributed by atoms with van der Waals surface area (Å²) in [7, 11) is 0. The molecule has 1 amide bonds. The maximum absolute atomic E-state index is 11.8. The highest BCUT2D eigenvalue weighted by molar-refractivity contribution is 5.94. The van der Waals surface area contributed by atoms with Crippen LogP contribution in [0.5, 0.6) is 0 Å². The smallest absolute Gasteiger partial charge is 0.267 e. The summed E-state index contributed by atoms with van der Waals surface area (Å²) in [5.41, 5.74) is 6.35. The molecule has 0 spiro atoms. The molecule has 0 saturated carbocycles. The average Bonchev–Trinajstić information content (AvgIpc) is 2.56. The Bertz CT molecular complexity index is 701. The van der Waals surface area contributed by atoms with Gasteiger partial charge >= 0.3 is 0 Å². The number of aromatic nitrogens is 1. The fourth-order valence-electron chi connectivity index (χ4n) is 2.03. The fourth-order valence-corrected chi connectivity index (χ4v) is 2.03. The van der Waals surface area contributed by atoms with E-state index in [0.717, 1.165) is 11.1 Å². The van der Waals surface area contributed by atoms with Gasteiger partial charge in [0.05, 0.1) is 11.8 Å². The monoisotopic (exact) mass is 307 g/mol. The molecule has 4 nitrogen and oxygen atoms in total. The minimum atomic E-state index is -0.275. The number of nitrogens with zero attached hydrogens (tertiary/aromatic N) is 2. The van der Waals surface area contributed by atoms with Crippen LogP contribution < -0.4 is 5.43 Å². The van der Waals surface area contributed by atoms with Crippen molar-refractivity contribution in [3.63, 3.8) is 0 Å². The first kappa shape index (κ1) is 16.6. The zero-order chi connectivity index (χ0) is 16.7. The van der Waals surface area contributed by atoms with Gasteiger partial charge in [0.25, 0.3) is 5.91 Å². The Kier molecular flexibility index (Phi) is 5.80. The Labute approximate surface area is 137 Å². The van der Waals surface area contributed by atoms with Crippen LogP contribution in [0.25, 0.3) is 6.08 Å². The van der Waals surface area contributed by atoms with Gasteiger partial charge in [-0.25, -0.2) is 5.43 Å². The van der Waals surface area contributed by atoms with E-state index in [4.69, 9.17) is 0 Å². The molecule has 1 N–H and O–H groups in total. The minimum Gasteiger partial charge on any atom is -0.267 e. The molecule has 0 unspecified atom stereocenters. The van der Waals surface area contributed by atoms with Crippen LogP contribution in [0.4, 0.5) is 0 Å². The maximum Gasteiger partial charge on any atom is 0.272 e. The second kappa shape index (κ2) is 8.03. The number of carbonyl (C=O) groups excluding carboxylic acids is 1. The average molecular weight is 307 g/mol. The SMILES string of the molecule is CC(/C=N/NC(=O)c1cccnc1)=C\c1ccc(C(C)C)cc1. The lowest BCUT2D eigenvalue weighted by atomic mass is 10.0. The molecule has 1 heterocycles. The van der Waals surface area contributed by atoms with Crippen LogP contribution in [0, 0.1) is 0 Å². The van der Waals surface area contributed by atoms with Crippen molar-refractivity contribution < 1.29 is 4.79 Å². The molecule has 0 aliphatic heterocycles. The van der Waals surface area contributed by atoms with Crippen molar-refractivity contribution in [2.75, 3.05) is 0 Å². The predicted octanol–water partition coefficient (Wildman–Crippen LogP) is 4.02. The summed E-state index contributed by atoms with van der Waals surface area (Å²) in [5, 5.41) is 3.97. The van der Waals surface area contributed by atoms with Crippen LogP contribution in [0.2, 0.25) is 0 Å². The van der Waals surface area contributed by atoms with E-state index in [0.29, 0.717) is 11.5 Å². The van der Waals surface area contributed by atoms with E-state index in [1.54, 1.807) is 24.5 Å². The normalized spacial score (nSPS) is 11.9. The third-order valence-electron chi connectivity index (χ3n) is 3.36. The lowest BCUT2D eigenvalue weighted by molar-refractivity contribution is 0.0955. The topological polar surface area (TPSA) is 54.4 Å². The van der Waals surface area contributed by atoms with Crippen LogP contribution in [0.1, 0.15) is 48.2 Å². The van der Waals surface area contributed by atoms with Crippen LogP contribution in [0.15, 0.2) is 59.5 Å². The van der Waals surface area contributed by atoms with Gasteiger partial charge in [-0.1, -0.05) is 44.2 Å². The largest absolute Gasteiger partial charge is 0.272 e. The van der Waals surface area contributed by atoms with Gasteiger partial charge in [-0.15, -0.1) is 0 Å². The van der Waals surface area contributed by atoms with Gasteiger partial charge < -0.3 is 0 Å². The molecule has 0 saturated heterocycles. The van der Waals surface area contributed by atoms with Gasteiger partial charge in [-0.2, -0.15) is 5.10 Å². The first-order valence-electron chi connectivity index (χ1n) is 7.58. The number of hydrogen-bond acceptors (Lipinski definition) is 3. The summed E-state index contributed by atoms with van der Waals surface area (Å²) in [6, 6.07) is 11.8. The molecule has 1 aromatic carbocycles. The van der Waals surface area contributed by atoms with Crippen LogP contribution in [-0.2, 0) is 0 Å². The van der Waals surface area contributed by atoms with Crippen molar-refractivity contribution in [1.82, 2.24) is 10.4 Å². The van der Waals surface area contributed by atoms with E-state index in [9.17, 15) is 4.79 Å². The van der Waals surface area contributed by atoms with E-state index >= 15 is 0 Å². The van der Waals surface area contributed by atoms with Gasteiger partial charge in [0.15, 0.2) is 0 Å². The summed E-state index contributed by atoms with van der Waals surface area (Å²) in [5.74, 6) is 0.252. The summed E-state index contributed by atoms with van der Waals surface area (Å²) >= 11 is 0. The van der Waals surface area contributed by atoms with Gasteiger partial charge in [-0.05, 0) is 41.7 Å². The van der Waals surface area contributed by atoms with Crippen molar-refractivity contribution in [2.45, 2.75) is 26.7 Å². The predicted molar refractivity (Wildman–Crippen MR) is 94.4 cm³/mol. The fraction of sp³-hybridized carbons (Fsp3) is 0.211. The molecule has 0 aliphatic rings. The number of hydrazone groups is 1. The standard InChI is InChI=1S/C19H21N3O/c1-14(2)17-8-6-16(7-9-17)11-15(3)12-21-22-19(23)18-5-4-10-20-13-18/h4-14H,1-3H3,(H,22,23)/b15-11+,21-12+. The van der Waals surface area contributed by atoms with Crippen molar-refractivity contribution in [3.8, 4) is 0 Å². The molecule has 0 radical (unpaired) electrons. The van der Waals surface area contributed by atoms with Crippen molar-refractivity contribution >= 4 is 18.2 Å². The Morgan fingerprint density at radius 3 is 2.57 bits per heavy atom. The maximum atomic E-state index is 11.8. The molecular formula is C19H21N3O. The van der Waals surface area contributed by atoms with E-state index < -0.39 is 0 Å². The quantitative estimate of drug-likeness (QED) is 0.670. The molecule has 0 aliphatic carbocycles. The highest BCUT2D eigenvalue weighted by Gasteiger charge is 2.02. The third kappa shape index (κ3) is 5.18. The Balaban J connectivity index is 1.95. The van der Waals surface area contributed by atoms with Gasteiger partial charge in [0, 0.05) is 12.4 Å². The van der Waals surface area contributed by atoms with E-state index in [2.05, 4.69) is 53.6 Å². The summed E-state index contributed by atoms with van der Waals surface area (Å²) in [4.78, 5) is 15.7. The van der Waals surface area contributed by atoms with E-state index in [1.165, 1.54) is 11.8 Å². The number of pyridine rings is 1. The lowest BCUT2D eigenvalue weighted by Gasteiger charge is -2.05. The van der Waals surface area contributed by atoms with E-state index in [-0.39, 0.29) is 5.91 Å². The van der Waals surface area contributed by atoms with Gasteiger partial charge in [0.2, 0.25) is 0 Å². The highest BCUT2D eigenvalue weighted by atomic mass is 16.2. The first-order valence-corrected chi connectivity index (χ1v) is 7.58. The van der Waals surface area contributed by atoms with Crippen LogP contribution in [-0.4, -0.2) is 17.1 Å². The highest BCUT2D eigenvalue weighted by Crippen LogP contribution is 2.15. The van der Waals surface area contributed by atoms with Crippen molar-refractivity contribution in [1.29, 1.82) is 0 Å². The van der Waals surface area contributed by atoms with Gasteiger partial charge in [0.1, 0.15) is 0 Å². The third-order valence-corrected chi connectivity index (χ3v) is 3.36. The van der Waals surface area contributed by atoms with E-state index in [1.807, 2.05) is 13.0 Å². The Morgan fingerprint density at radius 2 is 1.96 bits per heavy atom. The number of amides is 1. The molecule has 118 valence electrons. The number of hydrogen-bond donors (Lipinski definition) is 1. The number of allylic oxidation sites excluding steroid dienone is 1. The molecule has 23 heavy (non-hydrogen) atoms. The van der Waals surface area contributed by atoms with Crippen molar-refractivity contribution in [3.05, 3.63) is 71.1 Å². The molecule has 0 fully saturated rings. The second-order valence-electron chi connectivity index (χ2n) is 5.65. The molecule has 4 heteroatoms. The summed E-state index contributed by atoms with van der Waals surface area (Å²) in [6.07, 6.45) is 6.77. The Morgan fingerprint density at radius 1 is 1.22 bits per heavy atom. The first-order chi connectivity index (χ1) is 11.1. The number of benzene rings is 1. The zero-order valence-electron chi connectivity index (χ0n) is 13.7. The number of carbonyl (C=O) groups is 1. The molecule has 1 aromatic heterocycles. The second-order valence-corrected chi connectivity index (χ2v) is 5.65. The lowest BCUT2D eigenvalue weighted by Crippen LogP contribution is -2.17. The zero-order valence-corrected chi connectivity index (χ0v) is 13.7. The molecule has 2 aromatic rings. The van der Waals surface area contributed by atoms with Crippen molar-refractivity contribution in [2.24, 2.45) is 5.10 Å². The molecule has 0 bridgehead atoms. The van der Waals surface area contributed by atoms with Crippen LogP contribution >= 0.6 is 0 Å². The summed E-state index contributed by atoms with van der Waals surface area (Å²) < 4.78 is 0. The van der Waals surface area contributed by atoms with Gasteiger partial charge in [-0.3, -0.25) is 9.78 Å². The van der Waals surface area contributed by atoms with Crippen LogP contribution in [0.3, 0.4) is 0 Å². The Hall–Kier alpha value is -2.75. The molecule has 0 atom stereocenters. The number of rotatable bonds is 5. The number of nitrogens with one attached hydrogen (secondary N) is 1.